The molecule has 1 unspecified atom stereocenters. The molecular weight excluding hydrogens is 224 g/mol. The number of anilines is 1. The molecule has 100 valence electrons. The van der Waals surface area contributed by atoms with Gasteiger partial charge >= 0.3 is 0 Å². The quantitative estimate of drug-likeness (QED) is 0.864. The van der Waals surface area contributed by atoms with Crippen molar-refractivity contribution in [2.24, 2.45) is 5.92 Å². The Balaban J connectivity index is 1.91. The van der Waals surface area contributed by atoms with Crippen molar-refractivity contribution in [3.8, 4) is 0 Å². The van der Waals surface area contributed by atoms with Crippen LogP contribution in [0.5, 0.6) is 0 Å². The average Bonchev–Trinajstić information content (AvgIpc) is 2.28. The molecular formula is C15H24N2O. The first-order valence-electron chi connectivity index (χ1n) is 7.14. The van der Waals surface area contributed by atoms with Crippen molar-refractivity contribution in [1.82, 2.24) is 4.98 Å². The Bertz CT molecular complexity index is 359. The van der Waals surface area contributed by atoms with Gasteiger partial charge < -0.3 is 10.8 Å². The summed E-state index contributed by atoms with van der Waals surface area (Å²) in [7, 11) is 0. The Morgan fingerprint density at radius 1 is 1.22 bits per heavy atom. The van der Waals surface area contributed by atoms with Crippen molar-refractivity contribution in [2.45, 2.75) is 57.5 Å². The lowest BCUT2D eigenvalue weighted by atomic mass is 9.85. The van der Waals surface area contributed by atoms with E-state index < -0.39 is 0 Å². The molecule has 1 saturated carbocycles. The van der Waals surface area contributed by atoms with Crippen LogP contribution >= 0.6 is 0 Å². The second kappa shape index (κ2) is 6.74. The number of rotatable bonds is 3. The highest BCUT2D eigenvalue weighted by molar-refractivity contribution is 5.32. The first kappa shape index (κ1) is 13.3. The summed E-state index contributed by atoms with van der Waals surface area (Å²) < 4.78 is 0. The number of nitrogens with zero attached hydrogens (tertiary/aromatic N) is 1. The van der Waals surface area contributed by atoms with Gasteiger partial charge in [-0.1, -0.05) is 32.1 Å². The van der Waals surface area contributed by atoms with Gasteiger partial charge in [-0.15, -0.1) is 0 Å². The predicted octanol–water partition coefficient (Wildman–Crippen LogP) is 2.93. The Labute approximate surface area is 109 Å². The Morgan fingerprint density at radius 2 is 1.89 bits per heavy atom. The van der Waals surface area contributed by atoms with E-state index in [-0.39, 0.29) is 6.10 Å². The Hall–Kier alpha value is -1.09. The molecule has 1 aromatic heterocycles. The van der Waals surface area contributed by atoms with Crippen LogP contribution in [0.3, 0.4) is 0 Å². The minimum absolute atomic E-state index is 0.232. The zero-order chi connectivity index (χ0) is 12.8. The third-order valence-corrected chi connectivity index (χ3v) is 3.98. The Kier molecular flexibility index (Phi) is 5.00. The van der Waals surface area contributed by atoms with E-state index in [1.165, 1.54) is 44.9 Å². The van der Waals surface area contributed by atoms with Crippen LogP contribution in [0.1, 0.15) is 50.5 Å². The smallest absolute Gasteiger partial charge is 0.123 e. The molecule has 18 heavy (non-hydrogen) atoms. The number of aromatic nitrogens is 1. The highest BCUT2D eigenvalue weighted by Crippen LogP contribution is 2.26. The van der Waals surface area contributed by atoms with Crippen LogP contribution in [0.25, 0.3) is 0 Å². The Morgan fingerprint density at radius 3 is 2.56 bits per heavy atom. The number of nitrogen functional groups attached to an aromatic ring is 1. The molecule has 0 aliphatic heterocycles. The molecule has 0 radical (unpaired) electrons. The topological polar surface area (TPSA) is 59.1 Å². The van der Waals surface area contributed by atoms with Crippen LogP contribution in [0.2, 0.25) is 0 Å². The van der Waals surface area contributed by atoms with Crippen LogP contribution in [0, 0.1) is 5.92 Å². The molecule has 1 fully saturated rings. The van der Waals surface area contributed by atoms with Gasteiger partial charge in [0, 0.05) is 6.20 Å². The zero-order valence-corrected chi connectivity index (χ0v) is 11.0. The van der Waals surface area contributed by atoms with Crippen molar-refractivity contribution < 1.29 is 5.11 Å². The molecule has 0 amide bonds. The highest BCUT2D eigenvalue weighted by atomic mass is 16.3. The van der Waals surface area contributed by atoms with E-state index in [1.54, 1.807) is 6.20 Å². The highest BCUT2D eigenvalue weighted by Gasteiger charge is 2.20. The average molecular weight is 248 g/mol. The lowest BCUT2D eigenvalue weighted by Crippen LogP contribution is -2.23. The second-order valence-electron chi connectivity index (χ2n) is 5.47. The predicted molar refractivity (Wildman–Crippen MR) is 74.2 cm³/mol. The molecule has 1 aromatic rings. The summed E-state index contributed by atoms with van der Waals surface area (Å²) >= 11 is 0. The van der Waals surface area contributed by atoms with Gasteiger partial charge in [-0.2, -0.15) is 0 Å². The molecule has 3 nitrogen and oxygen atoms in total. The van der Waals surface area contributed by atoms with Crippen LogP contribution in [0.15, 0.2) is 18.3 Å². The molecule has 3 N–H and O–H groups in total. The second-order valence-corrected chi connectivity index (χ2v) is 5.47. The van der Waals surface area contributed by atoms with Crippen LogP contribution in [0.4, 0.5) is 5.82 Å². The van der Waals surface area contributed by atoms with Gasteiger partial charge in [-0.25, -0.2) is 4.98 Å². The summed E-state index contributed by atoms with van der Waals surface area (Å²) in [5, 5.41) is 10.4. The standard InChI is InChI=1S/C15H24N2O/c16-15-11-12(8-9-17-15)10-14(18)13-6-4-2-1-3-5-7-13/h8-9,11,13-14,18H,1-7,10H2,(H2,16,17). The molecule has 0 saturated heterocycles. The number of aliphatic hydroxyl groups is 1. The summed E-state index contributed by atoms with van der Waals surface area (Å²) in [5.41, 5.74) is 6.76. The summed E-state index contributed by atoms with van der Waals surface area (Å²) in [6.07, 6.45) is 11.1. The van der Waals surface area contributed by atoms with Gasteiger partial charge in [0.1, 0.15) is 5.82 Å². The van der Waals surface area contributed by atoms with Crippen LogP contribution in [-0.2, 0) is 6.42 Å². The van der Waals surface area contributed by atoms with Crippen molar-refractivity contribution in [3.05, 3.63) is 23.9 Å². The molecule has 1 aliphatic carbocycles. The first-order chi connectivity index (χ1) is 8.75. The van der Waals surface area contributed by atoms with Gasteiger partial charge in [-0.3, -0.25) is 0 Å². The molecule has 3 heteroatoms. The molecule has 2 rings (SSSR count). The zero-order valence-electron chi connectivity index (χ0n) is 11.0. The maximum atomic E-state index is 10.4. The van der Waals surface area contributed by atoms with Crippen LogP contribution in [-0.4, -0.2) is 16.2 Å². The van der Waals surface area contributed by atoms with Crippen molar-refractivity contribution in [1.29, 1.82) is 0 Å². The van der Waals surface area contributed by atoms with E-state index in [2.05, 4.69) is 4.98 Å². The molecule has 0 spiro atoms. The maximum Gasteiger partial charge on any atom is 0.123 e. The van der Waals surface area contributed by atoms with Crippen LogP contribution < -0.4 is 5.73 Å². The fourth-order valence-electron chi connectivity index (χ4n) is 2.90. The normalized spacial score (nSPS) is 20.1. The van der Waals surface area contributed by atoms with Gasteiger partial charge in [0.25, 0.3) is 0 Å². The molecule has 0 bridgehead atoms. The third kappa shape index (κ3) is 3.98. The van der Waals surface area contributed by atoms with E-state index in [0.717, 1.165) is 5.56 Å². The first-order valence-corrected chi connectivity index (χ1v) is 7.14. The van der Waals surface area contributed by atoms with Crippen molar-refractivity contribution >= 4 is 5.82 Å². The van der Waals surface area contributed by atoms with E-state index in [4.69, 9.17) is 5.73 Å². The fourth-order valence-corrected chi connectivity index (χ4v) is 2.90. The lowest BCUT2D eigenvalue weighted by molar-refractivity contribution is 0.0913. The minimum atomic E-state index is -0.232. The number of hydrogen-bond acceptors (Lipinski definition) is 3. The third-order valence-electron chi connectivity index (χ3n) is 3.98. The van der Waals surface area contributed by atoms with E-state index in [9.17, 15) is 5.11 Å². The summed E-state index contributed by atoms with van der Waals surface area (Å²) in [6.45, 7) is 0. The van der Waals surface area contributed by atoms with E-state index in [0.29, 0.717) is 18.2 Å². The molecule has 1 atom stereocenters. The summed E-state index contributed by atoms with van der Waals surface area (Å²) in [5.74, 6) is 0.997. The van der Waals surface area contributed by atoms with Gasteiger partial charge in [0.2, 0.25) is 0 Å². The molecule has 1 heterocycles. The van der Waals surface area contributed by atoms with Crippen molar-refractivity contribution in [3.63, 3.8) is 0 Å². The molecule has 1 aliphatic rings. The SMILES string of the molecule is Nc1cc(CC(O)C2CCCCCCC2)ccn1. The monoisotopic (exact) mass is 248 g/mol. The van der Waals surface area contributed by atoms with Gasteiger partial charge in [0.15, 0.2) is 0 Å². The number of pyridine rings is 1. The summed E-state index contributed by atoms with van der Waals surface area (Å²) in [4.78, 5) is 3.98. The lowest BCUT2D eigenvalue weighted by Gasteiger charge is -2.25. The van der Waals surface area contributed by atoms with E-state index in [1.807, 2.05) is 12.1 Å². The number of hydrogen-bond donors (Lipinski definition) is 2. The largest absolute Gasteiger partial charge is 0.392 e. The fraction of sp³-hybridized carbons (Fsp3) is 0.667. The number of nitrogens with two attached hydrogens (primary N) is 1. The minimum Gasteiger partial charge on any atom is -0.392 e. The summed E-state index contributed by atoms with van der Waals surface area (Å²) in [6, 6.07) is 3.81. The van der Waals surface area contributed by atoms with Crippen molar-refractivity contribution in [2.75, 3.05) is 5.73 Å². The molecule has 0 aromatic carbocycles. The van der Waals surface area contributed by atoms with Gasteiger partial charge in [0.05, 0.1) is 6.10 Å². The van der Waals surface area contributed by atoms with E-state index >= 15 is 0 Å². The van der Waals surface area contributed by atoms with Gasteiger partial charge in [-0.05, 0) is 42.9 Å². The number of aliphatic hydroxyl groups excluding tert-OH is 1. The maximum absolute atomic E-state index is 10.4.